The van der Waals surface area contributed by atoms with Crippen molar-refractivity contribution in [2.24, 2.45) is 5.92 Å². The molecule has 24 heavy (non-hydrogen) atoms. The summed E-state index contributed by atoms with van der Waals surface area (Å²) < 4.78 is 0. The van der Waals surface area contributed by atoms with E-state index >= 15 is 0 Å². The zero-order chi connectivity index (χ0) is 16.9. The van der Waals surface area contributed by atoms with Crippen LogP contribution in [-0.4, -0.2) is 53.6 Å². The number of likely N-dealkylation sites (tertiary alicyclic amines) is 1. The van der Waals surface area contributed by atoms with Crippen LogP contribution in [0.15, 0.2) is 30.6 Å². The molecule has 0 bridgehead atoms. The van der Waals surface area contributed by atoms with Gasteiger partial charge in [-0.25, -0.2) is 9.97 Å². The van der Waals surface area contributed by atoms with E-state index in [0.29, 0.717) is 5.92 Å². The van der Waals surface area contributed by atoms with E-state index in [1.165, 1.54) is 25.9 Å². The van der Waals surface area contributed by atoms with Crippen LogP contribution in [0.3, 0.4) is 0 Å². The lowest BCUT2D eigenvalue weighted by molar-refractivity contribution is 0.213. The minimum Gasteiger partial charge on any atom is -0.359 e. The summed E-state index contributed by atoms with van der Waals surface area (Å²) in [5.74, 6) is 2.51. The van der Waals surface area contributed by atoms with Gasteiger partial charge in [-0.2, -0.15) is 0 Å². The Bertz CT molecular complexity index is 658. The molecule has 0 aliphatic carbocycles. The molecule has 0 spiro atoms. The lowest BCUT2D eigenvalue weighted by Gasteiger charge is -2.32. The first kappa shape index (κ1) is 16.8. The van der Waals surface area contributed by atoms with Crippen LogP contribution in [0.5, 0.6) is 0 Å². The van der Waals surface area contributed by atoms with Crippen molar-refractivity contribution in [1.29, 1.82) is 0 Å². The first-order chi connectivity index (χ1) is 11.7. The van der Waals surface area contributed by atoms with Crippen molar-refractivity contribution < 1.29 is 0 Å². The molecule has 1 unspecified atom stereocenters. The molecule has 1 aliphatic rings. The first-order valence-electron chi connectivity index (χ1n) is 8.83. The van der Waals surface area contributed by atoms with Gasteiger partial charge >= 0.3 is 0 Å². The van der Waals surface area contributed by atoms with Crippen LogP contribution in [-0.2, 0) is 6.42 Å². The maximum Gasteiger partial charge on any atom is 0.161 e. The average molecular weight is 325 g/mol. The minimum atomic E-state index is 0.707. The van der Waals surface area contributed by atoms with Crippen molar-refractivity contribution in [3.8, 4) is 11.4 Å². The molecule has 1 atom stereocenters. The van der Waals surface area contributed by atoms with Crippen LogP contribution in [0.4, 0.5) is 5.82 Å². The second-order valence-corrected chi connectivity index (χ2v) is 6.78. The highest BCUT2D eigenvalue weighted by Gasteiger charge is 2.20. The lowest BCUT2D eigenvalue weighted by atomic mass is 9.98. The van der Waals surface area contributed by atoms with Crippen molar-refractivity contribution in [3.05, 3.63) is 36.3 Å². The summed E-state index contributed by atoms with van der Waals surface area (Å²) in [4.78, 5) is 18.3. The van der Waals surface area contributed by atoms with E-state index in [0.717, 1.165) is 35.9 Å². The molecule has 0 aromatic carbocycles. The molecule has 5 nitrogen and oxygen atoms in total. The Morgan fingerprint density at radius 3 is 2.75 bits per heavy atom. The number of anilines is 1. The van der Waals surface area contributed by atoms with Crippen LogP contribution in [0, 0.1) is 5.92 Å². The van der Waals surface area contributed by atoms with Gasteiger partial charge in [0.05, 0.1) is 0 Å². The van der Waals surface area contributed by atoms with Gasteiger partial charge in [0.25, 0.3) is 0 Å². The molecule has 2 aromatic heterocycles. The highest BCUT2D eigenvalue weighted by molar-refractivity contribution is 5.57. The molecular weight excluding hydrogens is 298 g/mol. The monoisotopic (exact) mass is 325 g/mol. The third-order valence-electron chi connectivity index (χ3n) is 4.71. The van der Waals surface area contributed by atoms with Gasteiger partial charge in [0, 0.05) is 49.9 Å². The predicted octanol–water partition coefficient (Wildman–Crippen LogP) is 2.88. The number of piperidine rings is 1. The molecule has 0 saturated carbocycles. The second kappa shape index (κ2) is 7.71. The normalized spacial score (nSPS) is 18.5. The maximum atomic E-state index is 4.81. The molecule has 2 aromatic rings. The van der Waals surface area contributed by atoms with Crippen molar-refractivity contribution in [1.82, 2.24) is 19.9 Å². The third-order valence-corrected chi connectivity index (χ3v) is 4.71. The van der Waals surface area contributed by atoms with Crippen LogP contribution in [0.25, 0.3) is 11.4 Å². The van der Waals surface area contributed by atoms with E-state index in [4.69, 9.17) is 4.98 Å². The standard InChI is InChI=1S/C19H27N5/c1-4-17-12-18(22-19(21-17)16-7-9-20-10-8-16)24(3)14-15-6-5-11-23(2)13-15/h7-10,12,15H,4-6,11,13-14H2,1-3H3. The summed E-state index contributed by atoms with van der Waals surface area (Å²) in [6, 6.07) is 6.06. The Balaban J connectivity index is 1.81. The van der Waals surface area contributed by atoms with Gasteiger partial charge in [0.2, 0.25) is 0 Å². The fourth-order valence-corrected chi connectivity index (χ4v) is 3.39. The third kappa shape index (κ3) is 4.09. The van der Waals surface area contributed by atoms with E-state index in [-0.39, 0.29) is 0 Å². The molecule has 0 amide bonds. The fourth-order valence-electron chi connectivity index (χ4n) is 3.39. The highest BCUT2D eigenvalue weighted by Crippen LogP contribution is 2.22. The summed E-state index contributed by atoms with van der Waals surface area (Å²) in [5.41, 5.74) is 2.10. The van der Waals surface area contributed by atoms with Gasteiger partial charge in [-0.3, -0.25) is 4.98 Å². The fraction of sp³-hybridized carbons (Fsp3) is 0.526. The van der Waals surface area contributed by atoms with Crippen LogP contribution < -0.4 is 4.90 Å². The van der Waals surface area contributed by atoms with Crippen molar-refractivity contribution in [2.75, 3.05) is 38.6 Å². The Morgan fingerprint density at radius 1 is 1.25 bits per heavy atom. The summed E-state index contributed by atoms with van der Waals surface area (Å²) in [5, 5.41) is 0. The summed E-state index contributed by atoms with van der Waals surface area (Å²) >= 11 is 0. The summed E-state index contributed by atoms with van der Waals surface area (Å²) in [6.07, 6.45) is 7.09. The highest BCUT2D eigenvalue weighted by atomic mass is 15.2. The van der Waals surface area contributed by atoms with Crippen LogP contribution >= 0.6 is 0 Å². The zero-order valence-corrected chi connectivity index (χ0v) is 14.9. The van der Waals surface area contributed by atoms with E-state index in [9.17, 15) is 0 Å². The predicted molar refractivity (Wildman–Crippen MR) is 98.1 cm³/mol. The molecule has 1 aliphatic heterocycles. The molecule has 5 heteroatoms. The number of hydrogen-bond donors (Lipinski definition) is 0. The Hall–Kier alpha value is -2.01. The first-order valence-corrected chi connectivity index (χ1v) is 8.83. The summed E-state index contributed by atoms with van der Waals surface area (Å²) in [7, 11) is 4.36. The molecule has 3 rings (SSSR count). The van der Waals surface area contributed by atoms with Gasteiger partial charge in [0.15, 0.2) is 5.82 Å². The van der Waals surface area contributed by atoms with Gasteiger partial charge in [-0.05, 0) is 50.9 Å². The van der Waals surface area contributed by atoms with Gasteiger partial charge < -0.3 is 9.80 Å². The zero-order valence-electron chi connectivity index (χ0n) is 14.9. The molecule has 0 radical (unpaired) electrons. The molecule has 1 fully saturated rings. The lowest BCUT2D eigenvalue weighted by Crippen LogP contribution is -2.38. The van der Waals surface area contributed by atoms with E-state index in [1.807, 2.05) is 12.1 Å². The molecule has 1 saturated heterocycles. The van der Waals surface area contributed by atoms with Gasteiger partial charge in [0.1, 0.15) is 5.82 Å². The van der Waals surface area contributed by atoms with E-state index in [2.05, 4.69) is 46.9 Å². The number of aromatic nitrogens is 3. The Morgan fingerprint density at radius 2 is 2.04 bits per heavy atom. The van der Waals surface area contributed by atoms with E-state index < -0.39 is 0 Å². The van der Waals surface area contributed by atoms with Crippen molar-refractivity contribution >= 4 is 5.82 Å². The maximum absolute atomic E-state index is 4.81. The summed E-state index contributed by atoms with van der Waals surface area (Å²) in [6.45, 7) is 5.58. The average Bonchev–Trinajstić information content (AvgIpc) is 2.62. The quantitative estimate of drug-likeness (QED) is 0.846. The number of hydrogen-bond acceptors (Lipinski definition) is 5. The number of pyridine rings is 1. The van der Waals surface area contributed by atoms with Crippen LogP contribution in [0.1, 0.15) is 25.5 Å². The number of rotatable bonds is 5. The number of nitrogens with zero attached hydrogens (tertiary/aromatic N) is 5. The largest absolute Gasteiger partial charge is 0.359 e. The SMILES string of the molecule is CCc1cc(N(C)CC2CCCN(C)C2)nc(-c2ccncc2)n1. The van der Waals surface area contributed by atoms with E-state index in [1.54, 1.807) is 12.4 Å². The minimum absolute atomic E-state index is 0.707. The molecule has 3 heterocycles. The second-order valence-electron chi connectivity index (χ2n) is 6.78. The molecular formula is C19H27N5. The van der Waals surface area contributed by atoms with Gasteiger partial charge in [-0.1, -0.05) is 6.92 Å². The molecule has 0 N–H and O–H groups in total. The number of aryl methyl sites for hydroxylation is 1. The van der Waals surface area contributed by atoms with Gasteiger partial charge in [-0.15, -0.1) is 0 Å². The van der Waals surface area contributed by atoms with Crippen molar-refractivity contribution in [3.63, 3.8) is 0 Å². The smallest absolute Gasteiger partial charge is 0.161 e. The molecule has 128 valence electrons. The topological polar surface area (TPSA) is 45.2 Å². The van der Waals surface area contributed by atoms with Crippen molar-refractivity contribution in [2.45, 2.75) is 26.2 Å². The Kier molecular flexibility index (Phi) is 5.41. The Labute approximate surface area is 144 Å². The van der Waals surface area contributed by atoms with Crippen LogP contribution in [0.2, 0.25) is 0 Å².